The van der Waals surface area contributed by atoms with Crippen molar-refractivity contribution in [1.82, 2.24) is 15.5 Å². The first-order chi connectivity index (χ1) is 14.8. The molecule has 4 amide bonds. The number of piperidine rings is 1. The molecule has 2 aliphatic heterocycles. The van der Waals surface area contributed by atoms with E-state index in [1.807, 2.05) is 0 Å². The van der Waals surface area contributed by atoms with Crippen LogP contribution in [0.3, 0.4) is 0 Å². The summed E-state index contributed by atoms with van der Waals surface area (Å²) in [7, 11) is 0. The standard InChI is InChI=1S/C22H19N3O6/c26-18-7-6-17(20(28)24-18)25-11-15-9-13(4-5-16(15)21(25)29)19(27)23-10-12-2-1-3-14(8-12)22(30)31/h1-5,8-9,17H,6-7,10-11H2,(H,23,27)(H,30,31)(H,24,26,28). The third-order valence-electron chi connectivity index (χ3n) is 5.41. The van der Waals surface area contributed by atoms with E-state index in [-0.39, 0.29) is 49.2 Å². The van der Waals surface area contributed by atoms with Crippen LogP contribution in [0, 0.1) is 0 Å². The summed E-state index contributed by atoms with van der Waals surface area (Å²) >= 11 is 0. The maximum atomic E-state index is 12.7. The molecule has 0 bridgehead atoms. The van der Waals surface area contributed by atoms with Crippen molar-refractivity contribution in [2.24, 2.45) is 0 Å². The number of nitrogens with one attached hydrogen (secondary N) is 2. The number of nitrogens with zero attached hydrogens (tertiary/aromatic N) is 1. The van der Waals surface area contributed by atoms with Crippen LogP contribution in [0.5, 0.6) is 0 Å². The number of carbonyl (C=O) groups is 5. The topological polar surface area (TPSA) is 133 Å². The van der Waals surface area contributed by atoms with Gasteiger partial charge in [0.05, 0.1) is 5.56 Å². The summed E-state index contributed by atoms with van der Waals surface area (Å²) < 4.78 is 0. The average Bonchev–Trinajstić information content (AvgIpc) is 3.08. The highest BCUT2D eigenvalue weighted by molar-refractivity contribution is 6.06. The van der Waals surface area contributed by atoms with Gasteiger partial charge in [0.1, 0.15) is 6.04 Å². The van der Waals surface area contributed by atoms with E-state index >= 15 is 0 Å². The first kappa shape index (κ1) is 20.3. The van der Waals surface area contributed by atoms with E-state index in [0.717, 1.165) is 0 Å². The molecule has 3 N–H and O–H groups in total. The number of carboxylic acid groups (broad SMARTS) is 1. The smallest absolute Gasteiger partial charge is 0.335 e. The van der Waals surface area contributed by atoms with E-state index in [1.54, 1.807) is 24.3 Å². The molecule has 0 radical (unpaired) electrons. The van der Waals surface area contributed by atoms with Crippen LogP contribution in [-0.2, 0) is 22.7 Å². The second kappa shape index (κ2) is 8.02. The highest BCUT2D eigenvalue weighted by Gasteiger charge is 2.39. The predicted octanol–water partition coefficient (Wildman–Crippen LogP) is 1.08. The van der Waals surface area contributed by atoms with Gasteiger partial charge in [-0.15, -0.1) is 0 Å². The quantitative estimate of drug-likeness (QED) is 0.619. The van der Waals surface area contributed by atoms with E-state index in [4.69, 9.17) is 5.11 Å². The molecule has 2 aromatic rings. The number of carboxylic acids is 1. The number of hydrogen-bond acceptors (Lipinski definition) is 5. The number of benzene rings is 2. The monoisotopic (exact) mass is 421 g/mol. The SMILES string of the molecule is O=C1CCC(N2Cc3cc(C(=O)NCc4cccc(C(=O)O)c4)ccc3C2=O)C(=O)N1. The zero-order chi connectivity index (χ0) is 22.1. The van der Waals surface area contributed by atoms with Gasteiger partial charge in [-0.1, -0.05) is 12.1 Å². The summed E-state index contributed by atoms with van der Waals surface area (Å²) in [5.74, 6) is -2.55. The number of rotatable bonds is 5. The highest BCUT2D eigenvalue weighted by Crippen LogP contribution is 2.28. The third kappa shape index (κ3) is 4.02. The van der Waals surface area contributed by atoms with Crippen molar-refractivity contribution < 1.29 is 29.1 Å². The lowest BCUT2D eigenvalue weighted by atomic mass is 10.0. The van der Waals surface area contributed by atoms with Crippen LogP contribution in [0.15, 0.2) is 42.5 Å². The molecule has 2 aliphatic rings. The first-order valence-corrected chi connectivity index (χ1v) is 9.71. The Morgan fingerprint density at radius 1 is 1.10 bits per heavy atom. The van der Waals surface area contributed by atoms with Gasteiger partial charge in [-0.05, 0) is 47.9 Å². The second-order valence-electron chi connectivity index (χ2n) is 7.46. The molecule has 31 heavy (non-hydrogen) atoms. The van der Waals surface area contributed by atoms with Gasteiger partial charge < -0.3 is 15.3 Å². The Morgan fingerprint density at radius 2 is 1.90 bits per heavy atom. The second-order valence-corrected chi connectivity index (χ2v) is 7.46. The number of fused-ring (bicyclic) bond motifs is 1. The van der Waals surface area contributed by atoms with Gasteiger partial charge in [0.15, 0.2) is 0 Å². The van der Waals surface area contributed by atoms with E-state index in [1.165, 1.54) is 23.1 Å². The molecule has 9 nitrogen and oxygen atoms in total. The largest absolute Gasteiger partial charge is 0.478 e. The molecule has 9 heteroatoms. The molecule has 0 spiro atoms. The van der Waals surface area contributed by atoms with Crippen molar-refractivity contribution in [2.75, 3.05) is 0 Å². The van der Waals surface area contributed by atoms with Crippen LogP contribution in [0.1, 0.15) is 55.0 Å². The summed E-state index contributed by atoms with van der Waals surface area (Å²) in [4.78, 5) is 61.2. The van der Waals surface area contributed by atoms with Gasteiger partial charge in [-0.3, -0.25) is 24.5 Å². The fraction of sp³-hybridized carbons (Fsp3) is 0.227. The molecule has 0 saturated carbocycles. The van der Waals surface area contributed by atoms with Gasteiger partial charge in [-0.2, -0.15) is 0 Å². The minimum Gasteiger partial charge on any atom is -0.478 e. The highest BCUT2D eigenvalue weighted by atomic mass is 16.4. The van der Waals surface area contributed by atoms with E-state index in [2.05, 4.69) is 10.6 Å². The molecular weight excluding hydrogens is 402 g/mol. The lowest BCUT2D eigenvalue weighted by Crippen LogP contribution is -2.52. The van der Waals surface area contributed by atoms with Crippen molar-refractivity contribution >= 4 is 29.6 Å². The first-order valence-electron chi connectivity index (χ1n) is 9.71. The Morgan fingerprint density at radius 3 is 2.65 bits per heavy atom. The van der Waals surface area contributed by atoms with Gasteiger partial charge in [-0.25, -0.2) is 4.79 Å². The fourth-order valence-corrected chi connectivity index (χ4v) is 3.81. The molecule has 0 aromatic heterocycles. The molecule has 2 aromatic carbocycles. The molecule has 1 unspecified atom stereocenters. The van der Waals surface area contributed by atoms with Crippen LogP contribution in [0.2, 0.25) is 0 Å². The van der Waals surface area contributed by atoms with Crippen LogP contribution < -0.4 is 10.6 Å². The van der Waals surface area contributed by atoms with Crippen LogP contribution >= 0.6 is 0 Å². The Labute approximate surface area is 177 Å². The number of hydrogen-bond donors (Lipinski definition) is 3. The van der Waals surface area contributed by atoms with Crippen LogP contribution in [0.4, 0.5) is 0 Å². The summed E-state index contributed by atoms with van der Waals surface area (Å²) in [6.45, 7) is 0.334. The molecule has 1 atom stereocenters. The molecule has 4 rings (SSSR count). The minimum atomic E-state index is -1.04. The van der Waals surface area contributed by atoms with Crippen molar-refractivity contribution in [3.05, 3.63) is 70.3 Å². The zero-order valence-corrected chi connectivity index (χ0v) is 16.4. The molecule has 1 saturated heterocycles. The average molecular weight is 421 g/mol. The van der Waals surface area contributed by atoms with Crippen molar-refractivity contribution in [3.63, 3.8) is 0 Å². The van der Waals surface area contributed by atoms with Gasteiger partial charge in [0.2, 0.25) is 11.8 Å². The van der Waals surface area contributed by atoms with Crippen molar-refractivity contribution in [2.45, 2.75) is 32.0 Å². The lowest BCUT2D eigenvalue weighted by molar-refractivity contribution is -0.136. The molecule has 158 valence electrons. The van der Waals surface area contributed by atoms with Crippen molar-refractivity contribution in [1.29, 1.82) is 0 Å². The Bertz CT molecular complexity index is 1130. The summed E-state index contributed by atoms with van der Waals surface area (Å²) in [6, 6.07) is 10.3. The molecule has 0 aliphatic carbocycles. The van der Waals surface area contributed by atoms with Crippen molar-refractivity contribution in [3.8, 4) is 0 Å². The lowest BCUT2D eigenvalue weighted by Gasteiger charge is -2.29. The Hall–Kier alpha value is -4.01. The van der Waals surface area contributed by atoms with E-state index in [0.29, 0.717) is 22.3 Å². The molecule has 2 heterocycles. The number of amides is 4. The van der Waals surface area contributed by atoms with E-state index in [9.17, 15) is 24.0 Å². The molecular formula is C22H19N3O6. The van der Waals surface area contributed by atoms with Gasteiger partial charge in [0.25, 0.3) is 11.8 Å². The number of imide groups is 1. The maximum absolute atomic E-state index is 12.7. The minimum absolute atomic E-state index is 0.135. The Kier molecular flexibility index (Phi) is 5.24. The number of carbonyl (C=O) groups excluding carboxylic acids is 4. The fourth-order valence-electron chi connectivity index (χ4n) is 3.81. The van der Waals surface area contributed by atoms with Crippen LogP contribution in [0.25, 0.3) is 0 Å². The van der Waals surface area contributed by atoms with Gasteiger partial charge >= 0.3 is 5.97 Å². The van der Waals surface area contributed by atoms with E-state index < -0.39 is 17.9 Å². The summed E-state index contributed by atoms with van der Waals surface area (Å²) in [5.41, 5.74) is 2.20. The Balaban J connectivity index is 1.45. The number of aromatic carboxylic acids is 1. The normalized spacial score (nSPS) is 17.9. The zero-order valence-electron chi connectivity index (χ0n) is 16.4. The van der Waals surface area contributed by atoms with Crippen LogP contribution in [-0.4, -0.2) is 45.6 Å². The third-order valence-corrected chi connectivity index (χ3v) is 5.41. The summed E-state index contributed by atoms with van der Waals surface area (Å²) in [5, 5.41) is 14.1. The summed E-state index contributed by atoms with van der Waals surface area (Å²) in [6.07, 6.45) is 0.445. The molecule has 1 fully saturated rings. The van der Waals surface area contributed by atoms with Gasteiger partial charge in [0, 0.05) is 30.6 Å². The maximum Gasteiger partial charge on any atom is 0.335 e. The predicted molar refractivity (Wildman–Crippen MR) is 107 cm³/mol.